The van der Waals surface area contributed by atoms with Crippen molar-refractivity contribution in [2.45, 2.75) is 19.4 Å². The van der Waals surface area contributed by atoms with Gasteiger partial charge in [0.05, 0.1) is 0 Å². The minimum Gasteiger partial charge on any atom is -0.451 e. The maximum absolute atomic E-state index is 12.2. The lowest BCUT2D eigenvalue weighted by Gasteiger charge is -2.29. The fourth-order valence-electron chi connectivity index (χ4n) is 2.56. The Hall–Kier alpha value is -1.52. The SMILES string of the molecule is CC1CNCCC1NC(=O)c1cc2ccccc2o1.Cl. The van der Waals surface area contributed by atoms with Gasteiger partial charge in [-0.25, -0.2) is 0 Å². The van der Waals surface area contributed by atoms with Gasteiger partial charge in [0.15, 0.2) is 5.76 Å². The predicted octanol–water partition coefficient (Wildman–Crippen LogP) is 2.58. The van der Waals surface area contributed by atoms with Gasteiger partial charge in [-0.1, -0.05) is 25.1 Å². The standard InChI is InChI=1S/C15H18N2O2.ClH/c1-10-9-16-7-6-12(10)17-15(18)14-8-11-4-2-3-5-13(11)19-14;/h2-5,8,10,12,16H,6-7,9H2,1H3,(H,17,18);1H. The number of nitrogens with one attached hydrogen (secondary N) is 2. The van der Waals surface area contributed by atoms with Gasteiger partial charge in [-0.2, -0.15) is 0 Å². The van der Waals surface area contributed by atoms with Gasteiger partial charge in [-0.05, 0) is 37.6 Å². The van der Waals surface area contributed by atoms with Crippen molar-refractivity contribution < 1.29 is 9.21 Å². The van der Waals surface area contributed by atoms with E-state index in [1.807, 2.05) is 24.3 Å². The maximum atomic E-state index is 12.2. The second kappa shape index (κ2) is 6.29. The number of carbonyl (C=O) groups excluding carboxylic acids is 1. The summed E-state index contributed by atoms with van der Waals surface area (Å²) in [5, 5.41) is 7.36. The Balaban J connectivity index is 0.00000147. The van der Waals surface area contributed by atoms with E-state index in [-0.39, 0.29) is 24.4 Å². The Labute approximate surface area is 124 Å². The maximum Gasteiger partial charge on any atom is 0.287 e. The monoisotopic (exact) mass is 294 g/mol. The molecular formula is C15H19ClN2O2. The molecule has 1 saturated heterocycles. The van der Waals surface area contributed by atoms with Crippen LogP contribution in [0.15, 0.2) is 34.7 Å². The first kappa shape index (κ1) is 14.9. The molecule has 0 bridgehead atoms. The van der Waals surface area contributed by atoms with E-state index in [9.17, 15) is 4.79 Å². The van der Waals surface area contributed by atoms with Crippen molar-refractivity contribution in [1.82, 2.24) is 10.6 Å². The average molecular weight is 295 g/mol. The number of hydrogen-bond acceptors (Lipinski definition) is 3. The van der Waals surface area contributed by atoms with Crippen LogP contribution < -0.4 is 10.6 Å². The second-order valence-corrected chi connectivity index (χ2v) is 5.20. The molecule has 2 atom stereocenters. The van der Waals surface area contributed by atoms with Gasteiger partial charge in [-0.15, -0.1) is 12.4 Å². The molecule has 1 aliphatic rings. The third kappa shape index (κ3) is 2.97. The van der Waals surface area contributed by atoms with E-state index < -0.39 is 0 Å². The number of rotatable bonds is 2. The van der Waals surface area contributed by atoms with Crippen LogP contribution in [0.4, 0.5) is 0 Å². The summed E-state index contributed by atoms with van der Waals surface area (Å²) in [4.78, 5) is 12.2. The molecule has 1 fully saturated rings. The van der Waals surface area contributed by atoms with Crippen LogP contribution in [-0.2, 0) is 0 Å². The van der Waals surface area contributed by atoms with E-state index >= 15 is 0 Å². The largest absolute Gasteiger partial charge is 0.451 e. The molecular weight excluding hydrogens is 276 g/mol. The first-order chi connectivity index (χ1) is 9.24. The van der Waals surface area contributed by atoms with E-state index in [2.05, 4.69) is 17.6 Å². The Kier molecular flexibility index (Phi) is 4.68. The number of amides is 1. The van der Waals surface area contributed by atoms with E-state index in [0.717, 1.165) is 30.5 Å². The number of para-hydroxylation sites is 1. The summed E-state index contributed by atoms with van der Waals surface area (Å²) in [6, 6.07) is 9.69. The van der Waals surface area contributed by atoms with Gasteiger partial charge in [0.25, 0.3) is 5.91 Å². The molecule has 3 rings (SSSR count). The molecule has 5 heteroatoms. The first-order valence-electron chi connectivity index (χ1n) is 6.74. The molecule has 0 spiro atoms. The lowest BCUT2D eigenvalue weighted by Crippen LogP contribution is -2.48. The summed E-state index contributed by atoms with van der Waals surface area (Å²) in [5.41, 5.74) is 0.756. The van der Waals surface area contributed by atoms with E-state index in [1.165, 1.54) is 0 Å². The topological polar surface area (TPSA) is 54.3 Å². The molecule has 0 saturated carbocycles. The highest BCUT2D eigenvalue weighted by Gasteiger charge is 2.24. The first-order valence-corrected chi connectivity index (χ1v) is 6.74. The number of piperidine rings is 1. The second-order valence-electron chi connectivity index (χ2n) is 5.20. The fourth-order valence-corrected chi connectivity index (χ4v) is 2.56. The van der Waals surface area contributed by atoms with Crippen molar-refractivity contribution in [3.63, 3.8) is 0 Å². The minimum absolute atomic E-state index is 0. The van der Waals surface area contributed by atoms with Crippen molar-refractivity contribution in [3.05, 3.63) is 36.1 Å². The molecule has 1 amide bonds. The highest BCUT2D eigenvalue weighted by atomic mass is 35.5. The van der Waals surface area contributed by atoms with Crippen LogP contribution in [0, 0.1) is 5.92 Å². The van der Waals surface area contributed by atoms with Crippen LogP contribution >= 0.6 is 12.4 Å². The Morgan fingerprint density at radius 1 is 1.40 bits per heavy atom. The Morgan fingerprint density at radius 3 is 2.95 bits per heavy atom. The highest BCUT2D eigenvalue weighted by molar-refractivity contribution is 5.96. The molecule has 2 heterocycles. The van der Waals surface area contributed by atoms with Gasteiger partial charge in [0.1, 0.15) is 5.58 Å². The third-order valence-corrected chi connectivity index (χ3v) is 3.75. The molecule has 4 nitrogen and oxygen atoms in total. The van der Waals surface area contributed by atoms with Crippen molar-refractivity contribution >= 4 is 29.3 Å². The lowest BCUT2D eigenvalue weighted by atomic mass is 9.95. The quantitative estimate of drug-likeness (QED) is 0.895. The summed E-state index contributed by atoms with van der Waals surface area (Å²) < 4.78 is 5.58. The summed E-state index contributed by atoms with van der Waals surface area (Å²) >= 11 is 0. The summed E-state index contributed by atoms with van der Waals surface area (Å²) in [5.74, 6) is 0.726. The number of furan rings is 1. The normalized spacial score (nSPS) is 22.2. The van der Waals surface area contributed by atoms with Gasteiger partial charge in [0.2, 0.25) is 0 Å². The van der Waals surface area contributed by atoms with Crippen LogP contribution in [0.1, 0.15) is 23.9 Å². The van der Waals surface area contributed by atoms with Crippen LogP contribution in [-0.4, -0.2) is 25.0 Å². The predicted molar refractivity (Wildman–Crippen MR) is 81.4 cm³/mol. The van der Waals surface area contributed by atoms with Crippen molar-refractivity contribution in [2.24, 2.45) is 5.92 Å². The third-order valence-electron chi connectivity index (χ3n) is 3.75. The number of halogens is 1. The lowest BCUT2D eigenvalue weighted by molar-refractivity contribution is 0.0888. The zero-order valence-corrected chi connectivity index (χ0v) is 12.2. The van der Waals surface area contributed by atoms with Gasteiger partial charge >= 0.3 is 0 Å². The average Bonchev–Trinajstić information content (AvgIpc) is 2.85. The summed E-state index contributed by atoms with van der Waals surface area (Å²) in [6.45, 7) is 4.05. The van der Waals surface area contributed by atoms with Crippen molar-refractivity contribution in [1.29, 1.82) is 0 Å². The van der Waals surface area contributed by atoms with Crippen molar-refractivity contribution in [3.8, 4) is 0 Å². The highest BCUT2D eigenvalue weighted by Crippen LogP contribution is 2.19. The van der Waals surface area contributed by atoms with Gasteiger partial charge in [0, 0.05) is 11.4 Å². The minimum atomic E-state index is -0.116. The Morgan fingerprint density at radius 2 is 2.20 bits per heavy atom. The molecule has 20 heavy (non-hydrogen) atoms. The fraction of sp³-hybridized carbons (Fsp3) is 0.400. The molecule has 1 aliphatic heterocycles. The van der Waals surface area contributed by atoms with Gasteiger partial charge < -0.3 is 15.1 Å². The van der Waals surface area contributed by atoms with Crippen molar-refractivity contribution in [2.75, 3.05) is 13.1 Å². The van der Waals surface area contributed by atoms with E-state index in [1.54, 1.807) is 6.07 Å². The van der Waals surface area contributed by atoms with Crippen LogP contribution in [0.25, 0.3) is 11.0 Å². The molecule has 1 aromatic carbocycles. The number of benzene rings is 1. The van der Waals surface area contributed by atoms with Crippen LogP contribution in [0.3, 0.4) is 0 Å². The molecule has 2 N–H and O–H groups in total. The molecule has 2 unspecified atom stereocenters. The van der Waals surface area contributed by atoms with Crippen LogP contribution in [0.2, 0.25) is 0 Å². The van der Waals surface area contributed by atoms with E-state index in [4.69, 9.17) is 4.42 Å². The number of hydrogen-bond donors (Lipinski definition) is 2. The summed E-state index contributed by atoms with van der Waals surface area (Å²) in [6.07, 6.45) is 0.965. The molecule has 0 radical (unpaired) electrons. The molecule has 2 aromatic rings. The molecule has 1 aromatic heterocycles. The molecule has 0 aliphatic carbocycles. The van der Waals surface area contributed by atoms with Crippen LogP contribution in [0.5, 0.6) is 0 Å². The van der Waals surface area contributed by atoms with Gasteiger partial charge in [-0.3, -0.25) is 4.79 Å². The Bertz CT molecular complexity index is 563. The van der Waals surface area contributed by atoms with E-state index in [0.29, 0.717) is 11.7 Å². The number of carbonyl (C=O) groups is 1. The molecule has 108 valence electrons. The zero-order chi connectivity index (χ0) is 13.2. The summed E-state index contributed by atoms with van der Waals surface area (Å²) in [7, 11) is 0. The zero-order valence-electron chi connectivity index (χ0n) is 11.4. The number of fused-ring (bicyclic) bond motifs is 1. The smallest absolute Gasteiger partial charge is 0.287 e.